The number of nitrogens with zero attached hydrogens (tertiary/aromatic N) is 11. The van der Waals surface area contributed by atoms with Crippen LogP contribution in [0.4, 0.5) is 0 Å². The minimum absolute atomic E-state index is 0.00499. The van der Waals surface area contributed by atoms with E-state index in [-0.39, 0.29) is 94.0 Å². The van der Waals surface area contributed by atoms with Crippen molar-refractivity contribution in [3.8, 4) is 64.0 Å². The number of esters is 1. The van der Waals surface area contributed by atoms with Crippen molar-refractivity contribution in [3.63, 3.8) is 0 Å². The standard InChI is InChI=1S/C31H30N2O3S.C29H29N3O4S.C29H29N3O3S.C28H29N3O2S/c1-4-23-14-16-30(37-23)28(35)18-20-9-8-10-22(17-20)33-26-15-13-21(27(34)5-2)19-25(26)32-31(33)24-11-6-7-12-29(24)36-3;1-3-24(33)19-10-11-23-22(17-19)31-28(21-9-4-5-14-30-21)32(23)20-8-6-7-18(15-20)16-25(34)26-12-13-27(37-26)29(35)36-2;1-3-25(34)20-10-11-24-23(17-20)31-29(22-9-4-5-14-30-22)32(24)21-8-6-7-19(15-21)16-26(35)28-13-12-27(36-28)18(2)33;1-3-26(32)20-10-11-25-24(16-20)30-28(23-9-4-5-12-29-23)31(25)22-8-6-7-19(14-22)15-27(33)21-13-18(2)34-17-21/h1,6-7,11-16,19-20,22H,5,8-10,17-18H2,2-3H3;4-5,9-14,17-18,20H,3,6-8,15-16H2,1-2H3;4-5,9-14,17,19,21H,3,6-8,15-16H2,1-2H3;4-5,9-13,16-17,19,22H,3,6-8,14-15H2,1-2H3/t20-,22+;18-,20+;19-,21+;19-,22+/m1000/s1. The number of pyridine rings is 3. The van der Waals surface area contributed by atoms with Crippen LogP contribution in [0.25, 0.3) is 90.1 Å². The number of carbonyl (C=O) groups excluding carboxylic acids is 10. The molecule has 4 aliphatic carbocycles. The Morgan fingerprint density at radius 2 is 0.708 bits per heavy atom. The molecule has 11 aromatic heterocycles. The number of Topliss-reactive ketones (excluding diaryl/α,β-unsaturated/α-hetero) is 9. The van der Waals surface area contributed by atoms with Crippen molar-refractivity contribution >= 4 is 147 Å². The topological polar surface area (TPSA) is 299 Å². The van der Waals surface area contributed by atoms with Crippen molar-refractivity contribution < 1.29 is 57.4 Å². The highest BCUT2D eigenvalue weighted by molar-refractivity contribution is 7.16. The Balaban J connectivity index is 0.000000132. The van der Waals surface area contributed by atoms with Gasteiger partial charge in [-0.2, -0.15) is 0 Å². The number of aromatic nitrogens is 11. The zero-order chi connectivity index (χ0) is 101. The summed E-state index contributed by atoms with van der Waals surface area (Å²) in [5.41, 5.74) is 14.1. The lowest BCUT2D eigenvalue weighted by Crippen LogP contribution is -2.22. The van der Waals surface area contributed by atoms with Gasteiger partial charge in [0.25, 0.3) is 0 Å². The number of thiophene rings is 4. The van der Waals surface area contributed by atoms with Gasteiger partial charge in [0.1, 0.15) is 33.5 Å². The molecule has 0 saturated heterocycles. The average Bonchev–Trinajstić information content (AvgIpc) is 1.63. The highest BCUT2D eigenvalue weighted by Gasteiger charge is 2.36. The van der Waals surface area contributed by atoms with Crippen LogP contribution in [0.3, 0.4) is 0 Å². The molecule has 23 nitrogen and oxygen atoms in total. The van der Waals surface area contributed by atoms with E-state index in [1.54, 1.807) is 61.3 Å². The van der Waals surface area contributed by atoms with Gasteiger partial charge in [0.2, 0.25) is 0 Å². The maximum atomic E-state index is 13.1. The van der Waals surface area contributed by atoms with E-state index in [1.807, 2.05) is 210 Å². The predicted octanol–water partition coefficient (Wildman–Crippen LogP) is 27.9. The third kappa shape index (κ3) is 23.1. The van der Waals surface area contributed by atoms with Gasteiger partial charge in [-0.25, -0.2) is 24.7 Å². The van der Waals surface area contributed by atoms with Gasteiger partial charge < -0.3 is 27.7 Å². The molecule has 5 aromatic carbocycles. The Bertz CT molecular complexity index is 7490. The van der Waals surface area contributed by atoms with Crippen LogP contribution in [0.5, 0.6) is 5.75 Å². The molecule has 20 rings (SSSR count). The van der Waals surface area contributed by atoms with Gasteiger partial charge in [0.15, 0.2) is 69.5 Å². The summed E-state index contributed by atoms with van der Waals surface area (Å²) in [4.78, 5) is 163. The molecular weight excluding hydrogens is 1880 g/mol. The Hall–Kier alpha value is -13.9. The Morgan fingerprint density at radius 3 is 1.04 bits per heavy atom. The Labute approximate surface area is 853 Å². The summed E-state index contributed by atoms with van der Waals surface area (Å²) in [6.45, 7) is 11.1. The average molecular weight is 2000 g/mol. The molecule has 4 fully saturated rings. The molecule has 0 amide bonds. The maximum absolute atomic E-state index is 13.1. The van der Waals surface area contributed by atoms with Crippen LogP contribution < -0.4 is 4.74 Å². The van der Waals surface area contributed by atoms with Crippen LogP contribution >= 0.6 is 45.3 Å². The van der Waals surface area contributed by atoms with Crippen LogP contribution in [0.15, 0.2) is 218 Å². The van der Waals surface area contributed by atoms with Crippen LogP contribution in [0.2, 0.25) is 0 Å². The lowest BCUT2D eigenvalue weighted by atomic mass is 9.82. The van der Waals surface area contributed by atoms with E-state index >= 15 is 0 Å². The molecule has 0 radical (unpaired) electrons. The van der Waals surface area contributed by atoms with Crippen LogP contribution in [0.1, 0.15) is 323 Å². The molecular formula is C117H117N11O12S4. The van der Waals surface area contributed by atoms with Crippen molar-refractivity contribution in [3.05, 3.63) is 280 Å². The second kappa shape index (κ2) is 46.6. The van der Waals surface area contributed by atoms with Gasteiger partial charge in [-0.3, -0.25) is 58.1 Å². The molecule has 4 saturated carbocycles. The SMILES string of the molecule is C#Cc1ccc(C(=O)C[C@@H]2CCC[C@H](n3c(-c4ccccc4OC)nc4cc(C(=O)CC)ccc43)C2)s1.CCC(=O)c1ccc2c(c1)nc(-c1ccccn1)n2[C@@H]1CCC[C@H](CC(=O)c2ccc(C(=O)OC)s2)C1.CCC(=O)c1ccc2c(c1)nc(-c1ccccn1)n2[C@@H]1CCC[C@H](CC(=O)c2ccc(C(C)=O)s2)C1.CCC(=O)c1ccc2c(c1)nc(-c1ccccn1)n2[C@@H]1CCC[C@H](CC(=O)c2csc(C)c2)C1. The first-order valence-electron chi connectivity index (χ1n) is 50.1. The molecule has 0 bridgehead atoms. The monoisotopic (exact) mass is 2000 g/mol. The summed E-state index contributed by atoms with van der Waals surface area (Å²) in [6.07, 6.45) is 30.5. The van der Waals surface area contributed by atoms with Gasteiger partial charge in [-0.15, -0.1) is 51.8 Å². The number of methoxy groups -OCH3 is 2. The van der Waals surface area contributed by atoms with Gasteiger partial charge in [0, 0.05) is 132 Å². The van der Waals surface area contributed by atoms with E-state index in [4.69, 9.17) is 35.8 Å². The highest BCUT2D eigenvalue weighted by Crippen LogP contribution is 2.47. The molecule has 4 aliphatic rings. The van der Waals surface area contributed by atoms with Crippen molar-refractivity contribution in [1.82, 2.24) is 53.2 Å². The molecule has 27 heteroatoms. The summed E-state index contributed by atoms with van der Waals surface area (Å²) in [5.74, 6) is 8.34. The fourth-order valence-corrected chi connectivity index (χ4v) is 24.4. The number of hydrogen-bond acceptors (Lipinski definition) is 23. The number of fused-ring (bicyclic) bond motifs is 4. The third-order valence-electron chi connectivity index (χ3n) is 28.3. The maximum Gasteiger partial charge on any atom is 0.348 e. The van der Waals surface area contributed by atoms with Crippen molar-refractivity contribution in [2.75, 3.05) is 14.2 Å². The quantitative estimate of drug-likeness (QED) is 0.0221. The molecule has 0 N–H and O–H groups in total. The van der Waals surface area contributed by atoms with Crippen LogP contribution in [-0.2, 0) is 4.74 Å². The number of imidazole rings is 4. The molecule has 144 heavy (non-hydrogen) atoms. The zero-order valence-corrected chi connectivity index (χ0v) is 85.7. The molecule has 0 aliphatic heterocycles. The van der Waals surface area contributed by atoms with Gasteiger partial charge >= 0.3 is 5.97 Å². The lowest BCUT2D eigenvalue weighted by molar-refractivity contribution is 0.0604. The normalized spacial score (nSPS) is 17.8. The third-order valence-corrected chi connectivity index (χ3v) is 32.6. The number of rotatable bonds is 31. The smallest absolute Gasteiger partial charge is 0.348 e. The molecule has 0 unspecified atom stereocenters. The number of terminal acetylenes is 1. The minimum Gasteiger partial charge on any atom is -0.496 e. The number of benzene rings is 5. The summed E-state index contributed by atoms with van der Waals surface area (Å²) in [7, 11) is 3.01. The van der Waals surface area contributed by atoms with E-state index in [1.165, 1.54) is 52.9 Å². The van der Waals surface area contributed by atoms with E-state index in [0.717, 1.165) is 214 Å². The Morgan fingerprint density at radius 1 is 0.368 bits per heavy atom. The van der Waals surface area contributed by atoms with Crippen LogP contribution in [0, 0.1) is 42.9 Å². The fourth-order valence-electron chi connectivity index (χ4n) is 21.2. The minimum atomic E-state index is -0.417. The first-order valence-corrected chi connectivity index (χ1v) is 53.4. The summed E-state index contributed by atoms with van der Waals surface area (Å²) >= 11 is 5.52. The number of para-hydroxylation sites is 1. The second-order valence-corrected chi connectivity index (χ2v) is 42.2. The number of ether oxygens (including phenoxy) is 2. The molecule has 0 spiro atoms. The number of carbonyl (C=O) groups is 10. The number of hydrogen-bond donors (Lipinski definition) is 0. The van der Waals surface area contributed by atoms with Crippen molar-refractivity contribution in [2.24, 2.45) is 23.7 Å². The predicted molar refractivity (Wildman–Crippen MR) is 570 cm³/mol. The zero-order valence-electron chi connectivity index (χ0n) is 82.4. The van der Waals surface area contributed by atoms with Crippen molar-refractivity contribution in [1.29, 1.82) is 0 Å². The molecule has 16 aromatic rings. The first kappa shape index (κ1) is 102. The molecule has 11 heterocycles. The molecule has 736 valence electrons. The van der Waals surface area contributed by atoms with Gasteiger partial charge in [-0.05, 0) is 278 Å². The van der Waals surface area contributed by atoms with Gasteiger partial charge in [-0.1, -0.05) is 89.6 Å². The van der Waals surface area contributed by atoms with E-state index in [2.05, 4.69) is 39.1 Å². The van der Waals surface area contributed by atoms with Crippen molar-refractivity contribution in [2.45, 2.75) is 220 Å². The van der Waals surface area contributed by atoms with E-state index in [0.29, 0.717) is 99.0 Å². The second-order valence-electron chi connectivity index (χ2n) is 37.9. The van der Waals surface area contributed by atoms with E-state index < -0.39 is 5.97 Å². The number of ketones is 9. The number of aryl methyl sites for hydroxylation is 1. The van der Waals surface area contributed by atoms with Gasteiger partial charge in [0.05, 0.1) is 88.3 Å². The summed E-state index contributed by atoms with van der Waals surface area (Å²) in [6, 6.07) is 61.9. The van der Waals surface area contributed by atoms with E-state index in [9.17, 15) is 47.9 Å². The summed E-state index contributed by atoms with van der Waals surface area (Å²) in [5, 5.41) is 1.98. The fraction of sp³-hybridized carbons (Fsp3) is 0.342. The van der Waals surface area contributed by atoms with Crippen LogP contribution in [-0.4, -0.2) is 125 Å². The summed E-state index contributed by atoms with van der Waals surface area (Å²) < 4.78 is 19.6. The first-order chi connectivity index (χ1) is 70.0. The molecule has 8 atom stereocenters. The largest absolute Gasteiger partial charge is 0.496 e. The highest BCUT2D eigenvalue weighted by atomic mass is 32.1. The Kier molecular flexibility index (Phi) is 32.9. The lowest BCUT2D eigenvalue weighted by Gasteiger charge is -2.31.